The number of hydrogen-bond donors (Lipinski definition) is 2. The maximum absolute atomic E-state index is 13.8. The van der Waals surface area contributed by atoms with E-state index in [1.807, 2.05) is 6.07 Å². The van der Waals surface area contributed by atoms with E-state index in [2.05, 4.69) is 30.4 Å². The number of alkyl halides is 3. The second-order valence-corrected chi connectivity index (χ2v) is 7.70. The number of aromatic nitrogens is 7. The zero-order valence-electron chi connectivity index (χ0n) is 16.9. The fourth-order valence-electron chi connectivity index (χ4n) is 4.08. The van der Waals surface area contributed by atoms with Crippen LogP contribution in [0.25, 0.3) is 39.3 Å². The lowest BCUT2D eigenvalue weighted by atomic mass is 10.1. The number of carbonyl (C=O) groups is 1. The molecule has 0 fully saturated rings. The molecule has 0 aliphatic carbocycles. The quantitative estimate of drug-likeness (QED) is 0.371. The van der Waals surface area contributed by atoms with Gasteiger partial charge in [0.25, 0.3) is 0 Å². The summed E-state index contributed by atoms with van der Waals surface area (Å²) in [6, 6.07) is 5.40. The van der Waals surface area contributed by atoms with Gasteiger partial charge < -0.3 is 10.3 Å². The predicted molar refractivity (Wildman–Crippen MR) is 112 cm³/mol. The smallest absolute Gasteiger partial charge is 0.344 e. The summed E-state index contributed by atoms with van der Waals surface area (Å²) in [4.78, 5) is 29.0. The fourth-order valence-corrected chi connectivity index (χ4v) is 4.08. The average molecular weight is 452 g/mol. The number of nitrogens with one attached hydrogen (secondary N) is 2. The highest BCUT2D eigenvalue weighted by molar-refractivity contribution is 5.96. The molecule has 0 atom stereocenters. The maximum Gasteiger partial charge on any atom is 0.435 e. The van der Waals surface area contributed by atoms with Crippen LogP contribution in [0.2, 0.25) is 0 Å². The van der Waals surface area contributed by atoms with Crippen LogP contribution in [0.1, 0.15) is 18.5 Å². The molecule has 9 nitrogen and oxygen atoms in total. The minimum absolute atomic E-state index is 0.0873. The second-order valence-electron chi connectivity index (χ2n) is 7.70. The van der Waals surface area contributed by atoms with Gasteiger partial charge in [0.15, 0.2) is 17.2 Å². The first-order valence-electron chi connectivity index (χ1n) is 10.1. The van der Waals surface area contributed by atoms with Crippen LogP contribution in [0.15, 0.2) is 43.0 Å². The molecule has 0 unspecified atom stereocenters. The van der Waals surface area contributed by atoms with Crippen molar-refractivity contribution in [2.45, 2.75) is 25.6 Å². The van der Waals surface area contributed by atoms with E-state index in [1.165, 1.54) is 23.3 Å². The number of halogens is 3. The number of anilines is 1. The summed E-state index contributed by atoms with van der Waals surface area (Å²) < 4.78 is 44.3. The van der Waals surface area contributed by atoms with Crippen molar-refractivity contribution in [2.75, 3.05) is 5.32 Å². The van der Waals surface area contributed by atoms with Crippen LogP contribution in [0.5, 0.6) is 0 Å². The summed E-state index contributed by atoms with van der Waals surface area (Å²) in [5.74, 6) is 0.000213. The predicted octanol–water partition coefficient (Wildman–Crippen LogP) is 3.89. The molecule has 2 N–H and O–H groups in total. The van der Waals surface area contributed by atoms with Crippen molar-refractivity contribution < 1.29 is 18.0 Å². The van der Waals surface area contributed by atoms with Crippen molar-refractivity contribution in [1.82, 2.24) is 34.1 Å². The number of carbonyl (C=O) groups excluding carboxylic acids is 1. The fraction of sp³-hybridized carbons (Fsp3) is 0.190. The number of pyridine rings is 1. The molecule has 0 spiro atoms. The van der Waals surface area contributed by atoms with E-state index in [4.69, 9.17) is 0 Å². The van der Waals surface area contributed by atoms with Crippen molar-refractivity contribution in [3.63, 3.8) is 0 Å². The molecule has 1 aliphatic rings. The van der Waals surface area contributed by atoms with Gasteiger partial charge in [-0.25, -0.2) is 15.0 Å². The first-order chi connectivity index (χ1) is 15.9. The van der Waals surface area contributed by atoms with Crippen LogP contribution in [0.3, 0.4) is 0 Å². The van der Waals surface area contributed by atoms with Crippen LogP contribution < -0.4 is 5.32 Å². The van der Waals surface area contributed by atoms with Gasteiger partial charge in [-0.3, -0.25) is 13.9 Å². The lowest BCUT2D eigenvalue weighted by molar-refractivity contribution is -0.141. The summed E-state index contributed by atoms with van der Waals surface area (Å²) in [5.41, 5.74) is 1.17. The summed E-state index contributed by atoms with van der Waals surface area (Å²) in [6.45, 7) is 0.147. The molecule has 6 rings (SSSR count). The van der Waals surface area contributed by atoms with Gasteiger partial charge in [-0.15, -0.1) is 0 Å². The minimum atomic E-state index is -4.66. The van der Waals surface area contributed by atoms with Gasteiger partial charge in [-0.2, -0.15) is 18.3 Å². The monoisotopic (exact) mass is 452 g/mol. The molecule has 0 saturated heterocycles. The molecule has 33 heavy (non-hydrogen) atoms. The average Bonchev–Trinajstić information content (AvgIpc) is 3.46. The zero-order valence-corrected chi connectivity index (χ0v) is 16.9. The number of rotatable bonds is 0. The van der Waals surface area contributed by atoms with Crippen LogP contribution in [-0.2, 0) is 17.5 Å². The molecule has 6 heterocycles. The van der Waals surface area contributed by atoms with E-state index in [-0.39, 0.29) is 35.5 Å². The van der Waals surface area contributed by atoms with Crippen LogP contribution in [0.4, 0.5) is 19.0 Å². The molecule has 0 aromatic carbocycles. The van der Waals surface area contributed by atoms with Gasteiger partial charge in [0.05, 0.1) is 6.20 Å². The van der Waals surface area contributed by atoms with Gasteiger partial charge in [0, 0.05) is 42.7 Å². The molecule has 1 aliphatic heterocycles. The molecular formula is C21H15F3N8O. The van der Waals surface area contributed by atoms with Gasteiger partial charge in [-0.05, 0) is 18.6 Å². The molecule has 4 bridgehead atoms. The standard InChI is InChI=1S/C21H15F3N8O/c22-21(23,24)18-12-10-31(30-18)6-3-5-15(33)29-20-17(32-7-2-1-4-14(32)28-20)13-9-26-19-16(27-13)11(12)8-25-19/h1-2,4,7-10H,3,5-6H2,(H,25,26)(H,29,33). The van der Waals surface area contributed by atoms with Crippen molar-refractivity contribution in [3.8, 4) is 22.5 Å². The first-order valence-corrected chi connectivity index (χ1v) is 10.1. The Labute approximate surface area is 183 Å². The molecule has 12 heteroatoms. The molecule has 0 radical (unpaired) electrons. The summed E-state index contributed by atoms with van der Waals surface area (Å²) >= 11 is 0. The topological polar surface area (TPSA) is 106 Å². The van der Waals surface area contributed by atoms with Crippen molar-refractivity contribution in [2.24, 2.45) is 0 Å². The van der Waals surface area contributed by atoms with E-state index in [0.29, 0.717) is 34.9 Å². The number of imidazole rings is 1. The summed E-state index contributed by atoms with van der Waals surface area (Å²) in [6.07, 6.45) is 1.79. The van der Waals surface area contributed by atoms with E-state index in [1.54, 1.807) is 22.7 Å². The van der Waals surface area contributed by atoms with E-state index >= 15 is 0 Å². The molecule has 5 aromatic heterocycles. The summed E-state index contributed by atoms with van der Waals surface area (Å²) in [5, 5.41) is 6.57. The van der Waals surface area contributed by atoms with Gasteiger partial charge in [-0.1, -0.05) is 6.07 Å². The van der Waals surface area contributed by atoms with Gasteiger partial charge >= 0.3 is 6.18 Å². The lowest BCUT2D eigenvalue weighted by Gasteiger charge is -2.08. The minimum Gasteiger partial charge on any atom is -0.344 e. The molecule has 0 saturated carbocycles. The number of H-pyrrole nitrogens is 1. The van der Waals surface area contributed by atoms with E-state index in [0.717, 1.165) is 0 Å². The van der Waals surface area contributed by atoms with Crippen molar-refractivity contribution >= 4 is 28.5 Å². The lowest BCUT2D eigenvalue weighted by Crippen LogP contribution is -2.14. The molecule has 166 valence electrons. The number of nitrogens with zero attached hydrogens (tertiary/aromatic N) is 6. The number of fused-ring (bicyclic) bond motifs is 8. The van der Waals surface area contributed by atoms with E-state index < -0.39 is 11.9 Å². The normalized spacial score (nSPS) is 14.5. The number of amides is 1. The van der Waals surface area contributed by atoms with Gasteiger partial charge in [0.2, 0.25) is 5.91 Å². The second kappa shape index (κ2) is 6.89. The van der Waals surface area contributed by atoms with Crippen molar-refractivity contribution in [1.29, 1.82) is 0 Å². The SMILES string of the molecule is O=C1CCCn2cc(c(C(F)(F)F)n2)-c2c[nH]c3ncc(nc23)-c2c(nc3ccccn23)N1. The molecule has 5 aromatic rings. The number of aryl methyl sites for hydroxylation is 1. The Morgan fingerprint density at radius 2 is 2.00 bits per heavy atom. The third-order valence-corrected chi connectivity index (χ3v) is 5.52. The summed E-state index contributed by atoms with van der Waals surface area (Å²) in [7, 11) is 0. The Morgan fingerprint density at radius 1 is 1.12 bits per heavy atom. The Kier molecular flexibility index (Phi) is 4.06. The third kappa shape index (κ3) is 3.13. The molecule has 1 amide bonds. The highest BCUT2D eigenvalue weighted by Gasteiger charge is 2.38. The van der Waals surface area contributed by atoms with Crippen molar-refractivity contribution in [3.05, 3.63) is 48.7 Å². The van der Waals surface area contributed by atoms with E-state index in [9.17, 15) is 18.0 Å². The van der Waals surface area contributed by atoms with Gasteiger partial charge in [0.1, 0.15) is 22.6 Å². The Hall–Kier alpha value is -4.22. The highest BCUT2D eigenvalue weighted by Crippen LogP contribution is 2.39. The largest absolute Gasteiger partial charge is 0.435 e. The maximum atomic E-state index is 13.8. The highest BCUT2D eigenvalue weighted by atomic mass is 19.4. The Morgan fingerprint density at radius 3 is 2.85 bits per heavy atom. The number of aromatic amines is 1. The van der Waals surface area contributed by atoms with Crippen LogP contribution >= 0.6 is 0 Å². The molecular weight excluding hydrogens is 437 g/mol. The Balaban J connectivity index is 1.65. The third-order valence-electron chi connectivity index (χ3n) is 5.52. The Bertz CT molecular complexity index is 1540. The number of hydrogen-bond acceptors (Lipinski definition) is 5. The van der Waals surface area contributed by atoms with Crippen LogP contribution in [0, 0.1) is 0 Å². The first kappa shape index (κ1) is 19.5. The zero-order chi connectivity index (χ0) is 22.7. The van der Waals surface area contributed by atoms with Crippen LogP contribution in [-0.4, -0.2) is 40.0 Å².